The minimum atomic E-state index is -1.36. The van der Waals surface area contributed by atoms with Gasteiger partial charge in [0.2, 0.25) is 11.8 Å². The second kappa shape index (κ2) is 13.6. The lowest BCUT2D eigenvalue weighted by Crippen LogP contribution is -2.60. The number of carboxylic acid groups (broad SMARTS) is 1. The molecule has 196 valence electrons. The van der Waals surface area contributed by atoms with Gasteiger partial charge in [-0.15, -0.1) is 0 Å². The van der Waals surface area contributed by atoms with E-state index >= 15 is 0 Å². The summed E-state index contributed by atoms with van der Waals surface area (Å²) in [4.78, 5) is 49.9. The molecule has 0 aromatic heterocycles. The van der Waals surface area contributed by atoms with Crippen molar-refractivity contribution < 1.29 is 29.0 Å². The van der Waals surface area contributed by atoms with Crippen LogP contribution in [0.15, 0.2) is 30.3 Å². The van der Waals surface area contributed by atoms with Crippen molar-refractivity contribution in [3.05, 3.63) is 35.9 Å². The largest absolute Gasteiger partial charge is 0.465 e. The van der Waals surface area contributed by atoms with Crippen molar-refractivity contribution in [2.75, 3.05) is 0 Å². The van der Waals surface area contributed by atoms with Gasteiger partial charge >= 0.3 is 6.09 Å². The van der Waals surface area contributed by atoms with Gasteiger partial charge < -0.3 is 25.8 Å². The molecule has 0 radical (unpaired) electrons. The summed E-state index contributed by atoms with van der Waals surface area (Å²) in [6, 6.07) is 5.66. The van der Waals surface area contributed by atoms with Crippen molar-refractivity contribution in [2.24, 2.45) is 11.8 Å². The van der Waals surface area contributed by atoms with Crippen molar-refractivity contribution in [3.63, 3.8) is 0 Å². The number of rotatable bonds is 12. The third kappa shape index (κ3) is 11.2. The first-order valence-corrected chi connectivity index (χ1v) is 11.6. The molecule has 4 atom stereocenters. The zero-order valence-electron chi connectivity index (χ0n) is 21.3. The highest BCUT2D eigenvalue weighted by atomic mass is 16.5. The summed E-state index contributed by atoms with van der Waals surface area (Å²) in [5.41, 5.74) is 2.19. The number of hydrazine groups is 1. The monoisotopic (exact) mass is 493 g/mol. The van der Waals surface area contributed by atoms with Crippen molar-refractivity contribution in [1.29, 1.82) is 0 Å². The highest BCUT2D eigenvalue weighted by Gasteiger charge is 2.34. The molecule has 0 spiro atoms. The summed E-state index contributed by atoms with van der Waals surface area (Å²) in [5, 5.41) is 16.7. The SMILES string of the molecule is CC(C)CC(NC(=O)C(Cc1ccccc1)NC(=O)O)C(=O)N[C@H](C(=O)NN)[C@@H](C)OC(C)(C)C. The van der Waals surface area contributed by atoms with Gasteiger partial charge in [-0.1, -0.05) is 44.2 Å². The minimum absolute atomic E-state index is 0.0103. The molecule has 4 amide bonds. The highest BCUT2D eigenvalue weighted by molar-refractivity contribution is 5.94. The highest BCUT2D eigenvalue weighted by Crippen LogP contribution is 2.14. The number of carbonyl (C=O) groups excluding carboxylic acids is 3. The van der Waals surface area contributed by atoms with Crippen LogP contribution < -0.4 is 27.2 Å². The fourth-order valence-corrected chi connectivity index (χ4v) is 3.55. The molecule has 0 aliphatic rings. The zero-order chi connectivity index (χ0) is 26.8. The Kier molecular flexibility index (Phi) is 11.6. The molecule has 0 saturated carbocycles. The predicted octanol–water partition coefficient (Wildman–Crippen LogP) is 1.07. The summed E-state index contributed by atoms with van der Waals surface area (Å²) < 4.78 is 5.82. The Bertz CT molecular complexity index is 856. The fraction of sp³-hybridized carbons (Fsp3) is 0.583. The van der Waals surface area contributed by atoms with E-state index in [4.69, 9.17) is 10.6 Å². The van der Waals surface area contributed by atoms with Crippen LogP contribution in [0, 0.1) is 5.92 Å². The minimum Gasteiger partial charge on any atom is -0.465 e. The predicted molar refractivity (Wildman–Crippen MR) is 131 cm³/mol. The normalized spacial score (nSPS) is 14.9. The third-order valence-corrected chi connectivity index (χ3v) is 4.97. The molecule has 35 heavy (non-hydrogen) atoms. The number of benzene rings is 1. The number of ether oxygens (including phenoxy) is 1. The molecule has 1 rings (SSSR count). The molecule has 0 aliphatic heterocycles. The van der Waals surface area contributed by atoms with E-state index in [0.717, 1.165) is 5.56 Å². The van der Waals surface area contributed by atoms with Crippen molar-refractivity contribution in [2.45, 2.75) is 84.2 Å². The molecule has 11 heteroatoms. The first kappa shape index (κ1) is 29.9. The average molecular weight is 494 g/mol. The standard InChI is InChI=1S/C24H39N5O6/c1-14(2)12-17(21(31)28-19(22(32)29-25)15(3)35-24(4,5)6)26-20(30)18(27-23(33)34)13-16-10-8-7-9-11-16/h7-11,14-15,17-19,27H,12-13,25H2,1-6H3,(H,26,30)(H,28,31)(H,29,32)(H,33,34)/t15-,17?,18?,19+/m1/s1. The lowest BCUT2D eigenvalue weighted by atomic mass is 10.0. The van der Waals surface area contributed by atoms with Crippen LogP contribution >= 0.6 is 0 Å². The second-order valence-electron chi connectivity index (χ2n) is 9.81. The smallest absolute Gasteiger partial charge is 0.405 e. The van der Waals surface area contributed by atoms with Crippen molar-refractivity contribution in [1.82, 2.24) is 21.4 Å². The van der Waals surface area contributed by atoms with Crippen LogP contribution in [-0.4, -0.2) is 58.8 Å². The van der Waals surface area contributed by atoms with Crippen LogP contribution in [0.5, 0.6) is 0 Å². The molecule has 0 bridgehead atoms. The molecule has 7 N–H and O–H groups in total. The Hall–Kier alpha value is -3.18. The van der Waals surface area contributed by atoms with Gasteiger partial charge in [0, 0.05) is 6.42 Å². The number of carbonyl (C=O) groups is 4. The van der Waals surface area contributed by atoms with Gasteiger partial charge in [0.05, 0.1) is 11.7 Å². The molecule has 11 nitrogen and oxygen atoms in total. The van der Waals surface area contributed by atoms with Crippen molar-refractivity contribution in [3.8, 4) is 0 Å². The maximum absolute atomic E-state index is 13.2. The van der Waals surface area contributed by atoms with E-state index in [-0.39, 0.29) is 18.8 Å². The quantitative estimate of drug-likeness (QED) is 0.144. The maximum Gasteiger partial charge on any atom is 0.405 e. The average Bonchev–Trinajstić information content (AvgIpc) is 2.74. The fourth-order valence-electron chi connectivity index (χ4n) is 3.55. The van der Waals surface area contributed by atoms with E-state index in [1.807, 2.05) is 46.1 Å². The first-order chi connectivity index (χ1) is 16.2. The van der Waals surface area contributed by atoms with Crippen LogP contribution in [0.3, 0.4) is 0 Å². The number of amides is 4. The number of nitrogens with two attached hydrogens (primary N) is 1. The van der Waals surface area contributed by atoms with Gasteiger partial charge in [-0.2, -0.15) is 0 Å². The number of nitrogens with one attached hydrogen (secondary N) is 4. The first-order valence-electron chi connectivity index (χ1n) is 11.6. The van der Waals surface area contributed by atoms with E-state index in [9.17, 15) is 24.3 Å². The second-order valence-corrected chi connectivity index (χ2v) is 9.81. The molecular weight excluding hydrogens is 454 g/mol. The van der Waals surface area contributed by atoms with Gasteiger partial charge in [-0.3, -0.25) is 19.8 Å². The summed E-state index contributed by atoms with van der Waals surface area (Å²) in [6.07, 6.45) is -1.73. The number of hydrogen-bond donors (Lipinski definition) is 6. The van der Waals surface area contributed by atoms with E-state index in [0.29, 0.717) is 0 Å². The molecular formula is C24H39N5O6. The van der Waals surface area contributed by atoms with E-state index in [2.05, 4.69) is 16.0 Å². The van der Waals surface area contributed by atoms with E-state index < -0.39 is 53.6 Å². The molecule has 0 aliphatic carbocycles. The molecule has 1 aromatic carbocycles. The molecule has 0 heterocycles. The molecule has 1 aromatic rings. The number of hydrogen-bond acceptors (Lipinski definition) is 6. The van der Waals surface area contributed by atoms with Gasteiger partial charge in [0.25, 0.3) is 5.91 Å². The lowest BCUT2D eigenvalue weighted by molar-refractivity contribution is -0.139. The summed E-state index contributed by atoms with van der Waals surface area (Å²) >= 11 is 0. The molecule has 0 saturated heterocycles. The van der Waals surface area contributed by atoms with Crippen LogP contribution in [0.2, 0.25) is 0 Å². The Balaban J connectivity index is 3.08. The Labute approximate surface area is 206 Å². The van der Waals surface area contributed by atoms with Gasteiger partial charge in [-0.25, -0.2) is 10.6 Å². The molecule has 2 unspecified atom stereocenters. The van der Waals surface area contributed by atoms with E-state index in [1.54, 1.807) is 31.2 Å². The summed E-state index contributed by atoms with van der Waals surface area (Å²) in [7, 11) is 0. The van der Waals surface area contributed by atoms with Gasteiger partial charge in [0.1, 0.15) is 18.1 Å². The van der Waals surface area contributed by atoms with Gasteiger partial charge in [-0.05, 0) is 45.6 Å². The third-order valence-electron chi connectivity index (χ3n) is 4.97. The van der Waals surface area contributed by atoms with Crippen LogP contribution in [0.4, 0.5) is 4.79 Å². The van der Waals surface area contributed by atoms with Crippen LogP contribution in [0.25, 0.3) is 0 Å². The Morgan fingerprint density at radius 2 is 1.49 bits per heavy atom. The summed E-state index contributed by atoms with van der Waals surface area (Å²) in [6.45, 7) is 10.8. The Morgan fingerprint density at radius 1 is 0.914 bits per heavy atom. The summed E-state index contributed by atoms with van der Waals surface area (Å²) in [5.74, 6) is 3.40. The molecule has 0 fully saturated rings. The van der Waals surface area contributed by atoms with Crippen molar-refractivity contribution >= 4 is 23.8 Å². The van der Waals surface area contributed by atoms with Crippen LogP contribution in [-0.2, 0) is 25.5 Å². The van der Waals surface area contributed by atoms with E-state index in [1.165, 1.54) is 0 Å². The Morgan fingerprint density at radius 3 is 1.97 bits per heavy atom. The van der Waals surface area contributed by atoms with Gasteiger partial charge in [0.15, 0.2) is 0 Å². The topological polar surface area (TPSA) is 172 Å². The van der Waals surface area contributed by atoms with Crippen LogP contribution in [0.1, 0.15) is 53.5 Å². The lowest BCUT2D eigenvalue weighted by Gasteiger charge is -2.31. The maximum atomic E-state index is 13.2. The zero-order valence-corrected chi connectivity index (χ0v) is 21.3.